The van der Waals surface area contributed by atoms with Gasteiger partial charge in [-0.2, -0.15) is 0 Å². The van der Waals surface area contributed by atoms with Crippen molar-refractivity contribution in [1.29, 1.82) is 0 Å². The van der Waals surface area contributed by atoms with Gasteiger partial charge in [-0.3, -0.25) is 0 Å². The fourth-order valence-electron chi connectivity index (χ4n) is 3.56. The average Bonchev–Trinajstić information content (AvgIpc) is 2.94. The second kappa shape index (κ2) is 26.3. The van der Waals surface area contributed by atoms with Gasteiger partial charge in [-0.15, -0.1) is 0 Å². The smallest absolute Gasteiger partial charge is 0.333 e. The van der Waals surface area contributed by atoms with Gasteiger partial charge in [-0.1, -0.05) is 64.2 Å². The average molecular weight is 553 g/mol. The topological polar surface area (TPSA) is 81.7 Å². The van der Waals surface area contributed by atoms with Crippen LogP contribution in [0.1, 0.15) is 64.4 Å². The van der Waals surface area contributed by atoms with Crippen LogP contribution in [0.4, 0.5) is 0 Å². The van der Waals surface area contributed by atoms with Crippen molar-refractivity contribution >= 4 is 5.97 Å². The highest BCUT2D eigenvalue weighted by molar-refractivity contribution is 5.86. The Morgan fingerprint density at radius 2 is 1.05 bits per heavy atom. The lowest BCUT2D eigenvalue weighted by molar-refractivity contribution is -0.140. The Kier molecular flexibility index (Phi) is 23.6. The van der Waals surface area contributed by atoms with E-state index in [9.17, 15) is 4.79 Å². The van der Waals surface area contributed by atoms with Crippen LogP contribution in [0, 0.1) is 0 Å². The molecule has 0 saturated carbocycles. The van der Waals surface area contributed by atoms with Crippen molar-refractivity contribution in [1.82, 2.24) is 0 Å². The SMILES string of the molecule is C=C(C)C(=O)OCCOCCOCCOCCOCCOCCOc1ccc(CCCCCCCCC)cc1. The second-order valence-corrected chi connectivity index (χ2v) is 9.34. The Morgan fingerprint density at radius 1 is 0.615 bits per heavy atom. The predicted molar refractivity (Wildman–Crippen MR) is 154 cm³/mol. The lowest BCUT2D eigenvalue weighted by atomic mass is 10.0. The summed E-state index contributed by atoms with van der Waals surface area (Å²) in [4.78, 5) is 11.2. The van der Waals surface area contributed by atoms with E-state index in [4.69, 9.17) is 33.2 Å². The Labute approximate surface area is 236 Å². The molecule has 8 heteroatoms. The van der Waals surface area contributed by atoms with E-state index in [1.54, 1.807) is 6.92 Å². The fraction of sp³-hybridized carbons (Fsp3) is 0.710. The number of esters is 1. The van der Waals surface area contributed by atoms with Crippen LogP contribution in [-0.2, 0) is 39.6 Å². The molecule has 1 aromatic carbocycles. The summed E-state index contributed by atoms with van der Waals surface area (Å²) in [6.45, 7) is 12.9. The maximum absolute atomic E-state index is 11.2. The summed E-state index contributed by atoms with van der Waals surface area (Å²) >= 11 is 0. The molecular formula is C31H52O8. The van der Waals surface area contributed by atoms with Crippen molar-refractivity contribution in [2.75, 3.05) is 79.3 Å². The molecule has 8 nitrogen and oxygen atoms in total. The molecule has 1 rings (SSSR count). The maximum atomic E-state index is 11.2. The number of benzene rings is 1. The van der Waals surface area contributed by atoms with E-state index in [0.29, 0.717) is 78.2 Å². The summed E-state index contributed by atoms with van der Waals surface area (Å²) in [6, 6.07) is 8.43. The lowest BCUT2D eigenvalue weighted by Crippen LogP contribution is -2.15. The number of unbranched alkanes of at least 4 members (excludes halogenated alkanes) is 6. The molecule has 0 radical (unpaired) electrons. The van der Waals surface area contributed by atoms with Crippen LogP contribution in [0.15, 0.2) is 36.4 Å². The zero-order valence-electron chi connectivity index (χ0n) is 24.4. The van der Waals surface area contributed by atoms with Crippen LogP contribution in [0.2, 0.25) is 0 Å². The number of carbonyl (C=O) groups is 1. The number of hydrogen-bond donors (Lipinski definition) is 0. The van der Waals surface area contributed by atoms with Crippen LogP contribution in [0.5, 0.6) is 5.75 Å². The fourth-order valence-corrected chi connectivity index (χ4v) is 3.56. The number of aryl methyl sites for hydroxylation is 1. The molecule has 1 aromatic rings. The van der Waals surface area contributed by atoms with E-state index < -0.39 is 5.97 Å². The van der Waals surface area contributed by atoms with Gasteiger partial charge in [0.25, 0.3) is 0 Å². The van der Waals surface area contributed by atoms with Gasteiger partial charge in [-0.25, -0.2) is 4.79 Å². The number of rotatable bonds is 28. The Morgan fingerprint density at radius 3 is 1.54 bits per heavy atom. The Balaban J connectivity index is 1.80. The molecule has 0 aliphatic heterocycles. The highest BCUT2D eigenvalue weighted by atomic mass is 16.6. The van der Waals surface area contributed by atoms with Crippen LogP contribution < -0.4 is 4.74 Å². The van der Waals surface area contributed by atoms with E-state index >= 15 is 0 Å². The van der Waals surface area contributed by atoms with Crippen LogP contribution >= 0.6 is 0 Å². The van der Waals surface area contributed by atoms with Crippen molar-refractivity contribution in [3.63, 3.8) is 0 Å². The molecule has 0 bridgehead atoms. The van der Waals surface area contributed by atoms with Crippen molar-refractivity contribution in [3.05, 3.63) is 42.0 Å². The first kappa shape index (κ1) is 35.1. The summed E-state index contributed by atoms with van der Waals surface area (Å²) in [5.74, 6) is 0.479. The molecule has 0 saturated heterocycles. The minimum atomic E-state index is -0.404. The lowest BCUT2D eigenvalue weighted by Gasteiger charge is -2.09. The molecule has 0 aliphatic carbocycles. The largest absolute Gasteiger partial charge is 0.491 e. The molecule has 0 amide bonds. The van der Waals surface area contributed by atoms with Crippen LogP contribution in [0.3, 0.4) is 0 Å². The normalized spacial score (nSPS) is 11.0. The summed E-state index contributed by atoms with van der Waals surface area (Å²) in [5, 5.41) is 0. The van der Waals surface area contributed by atoms with E-state index in [0.717, 1.165) is 12.2 Å². The Hall–Kier alpha value is -1.97. The van der Waals surface area contributed by atoms with Crippen LogP contribution in [0.25, 0.3) is 0 Å². The monoisotopic (exact) mass is 552 g/mol. The molecular weight excluding hydrogens is 500 g/mol. The molecule has 0 N–H and O–H groups in total. The summed E-state index contributed by atoms with van der Waals surface area (Å²) in [6.07, 6.45) is 10.5. The molecule has 0 heterocycles. The van der Waals surface area contributed by atoms with Gasteiger partial charge in [-0.05, 0) is 37.5 Å². The third kappa shape index (κ3) is 22.5. The minimum absolute atomic E-state index is 0.210. The van der Waals surface area contributed by atoms with Gasteiger partial charge < -0.3 is 33.2 Å². The van der Waals surface area contributed by atoms with Gasteiger partial charge >= 0.3 is 5.97 Å². The van der Waals surface area contributed by atoms with E-state index in [2.05, 4.69) is 25.6 Å². The van der Waals surface area contributed by atoms with Gasteiger partial charge in [0, 0.05) is 5.57 Å². The van der Waals surface area contributed by atoms with Crippen molar-refractivity contribution in [2.45, 2.75) is 65.2 Å². The highest BCUT2D eigenvalue weighted by Gasteiger charge is 2.02. The third-order valence-corrected chi connectivity index (χ3v) is 5.79. The van der Waals surface area contributed by atoms with Crippen molar-refractivity contribution in [2.24, 2.45) is 0 Å². The molecule has 0 aromatic heterocycles. The van der Waals surface area contributed by atoms with E-state index in [-0.39, 0.29) is 6.61 Å². The summed E-state index contributed by atoms with van der Waals surface area (Å²) in [5.41, 5.74) is 1.76. The zero-order valence-corrected chi connectivity index (χ0v) is 24.4. The number of ether oxygens (including phenoxy) is 7. The zero-order chi connectivity index (χ0) is 28.2. The van der Waals surface area contributed by atoms with Gasteiger partial charge in [0.15, 0.2) is 0 Å². The molecule has 39 heavy (non-hydrogen) atoms. The van der Waals surface area contributed by atoms with Gasteiger partial charge in [0.1, 0.15) is 19.0 Å². The van der Waals surface area contributed by atoms with Crippen LogP contribution in [-0.4, -0.2) is 85.3 Å². The van der Waals surface area contributed by atoms with E-state index in [1.807, 2.05) is 12.1 Å². The molecule has 0 aliphatic rings. The number of hydrogen-bond acceptors (Lipinski definition) is 8. The first-order chi connectivity index (χ1) is 19.1. The molecule has 0 atom stereocenters. The molecule has 0 spiro atoms. The third-order valence-electron chi connectivity index (χ3n) is 5.79. The van der Waals surface area contributed by atoms with Gasteiger partial charge in [0.2, 0.25) is 0 Å². The number of carbonyl (C=O) groups excluding carboxylic acids is 1. The second-order valence-electron chi connectivity index (χ2n) is 9.34. The molecule has 224 valence electrons. The molecule has 0 fully saturated rings. The highest BCUT2D eigenvalue weighted by Crippen LogP contribution is 2.15. The summed E-state index contributed by atoms with van der Waals surface area (Å²) < 4.78 is 37.9. The van der Waals surface area contributed by atoms with E-state index in [1.165, 1.54) is 50.5 Å². The maximum Gasteiger partial charge on any atom is 0.333 e. The molecule has 0 unspecified atom stereocenters. The first-order valence-corrected chi connectivity index (χ1v) is 14.6. The quantitative estimate of drug-likeness (QED) is 0.0759. The standard InChI is InChI=1S/C31H52O8/c1-4-5-6-7-8-9-10-11-29-12-14-30(15-13-29)38-26-24-36-22-20-34-18-16-33-17-19-35-21-23-37-25-27-39-31(32)28(2)3/h12-15H,2,4-11,16-27H2,1,3H3. The van der Waals surface area contributed by atoms with Crippen molar-refractivity contribution in [3.8, 4) is 5.75 Å². The minimum Gasteiger partial charge on any atom is -0.491 e. The van der Waals surface area contributed by atoms with Crippen molar-refractivity contribution < 1.29 is 38.0 Å². The Bertz CT molecular complexity index is 707. The first-order valence-electron chi connectivity index (χ1n) is 14.6. The predicted octanol–water partition coefficient (Wildman–Crippen LogP) is 5.56. The van der Waals surface area contributed by atoms with Gasteiger partial charge in [0.05, 0.1) is 66.1 Å². The summed E-state index contributed by atoms with van der Waals surface area (Å²) in [7, 11) is 0.